The second-order valence-corrected chi connectivity index (χ2v) is 3.53. The third-order valence-corrected chi connectivity index (χ3v) is 2.16. The second kappa shape index (κ2) is 3.53. The lowest BCUT2D eigenvalue weighted by molar-refractivity contribution is -0.0488. The lowest BCUT2D eigenvalue weighted by Crippen LogP contribution is -2.01. The van der Waals surface area contributed by atoms with Crippen LogP contribution in [-0.4, -0.2) is 16.8 Å². The molecule has 0 aliphatic carbocycles. The highest BCUT2D eigenvalue weighted by Crippen LogP contribution is 2.29. The van der Waals surface area contributed by atoms with Crippen molar-refractivity contribution in [3.05, 3.63) is 22.8 Å². The van der Waals surface area contributed by atoms with Crippen molar-refractivity contribution in [3.63, 3.8) is 0 Å². The first-order valence-electron chi connectivity index (χ1n) is 3.74. The summed E-state index contributed by atoms with van der Waals surface area (Å²) in [5.74, 6) is 0.109. The normalized spacial score (nSPS) is 11.1. The average Bonchev–Trinajstić information content (AvgIpc) is 2.50. The number of hydrogen-bond acceptors (Lipinski definition) is 2. The maximum absolute atomic E-state index is 12.0. The van der Waals surface area contributed by atoms with Crippen LogP contribution in [0.5, 0.6) is 5.75 Å². The van der Waals surface area contributed by atoms with Gasteiger partial charge in [0.15, 0.2) is 0 Å². The number of aromatic amines is 1. The number of nitrogens with one attached hydrogen (secondary N) is 1. The predicted octanol–water partition coefficient (Wildman–Crippen LogP) is 2.93. The summed E-state index contributed by atoms with van der Waals surface area (Å²) in [5, 5.41) is 6.94. The molecule has 0 saturated carbocycles. The highest BCUT2D eigenvalue weighted by Gasteiger charge is 2.10. The lowest BCUT2D eigenvalue weighted by atomic mass is 10.2. The Morgan fingerprint density at radius 2 is 2.21 bits per heavy atom. The maximum Gasteiger partial charge on any atom is 0.387 e. The van der Waals surface area contributed by atoms with Crippen molar-refractivity contribution in [2.24, 2.45) is 0 Å². The van der Waals surface area contributed by atoms with Gasteiger partial charge >= 0.3 is 6.61 Å². The van der Waals surface area contributed by atoms with Crippen molar-refractivity contribution in [1.29, 1.82) is 0 Å². The van der Waals surface area contributed by atoms with Crippen LogP contribution in [-0.2, 0) is 0 Å². The van der Waals surface area contributed by atoms with Gasteiger partial charge in [-0.05, 0) is 12.1 Å². The number of alkyl halides is 2. The van der Waals surface area contributed by atoms with Crippen molar-refractivity contribution >= 4 is 26.8 Å². The number of halogens is 3. The zero-order chi connectivity index (χ0) is 10.1. The van der Waals surface area contributed by atoms with E-state index in [9.17, 15) is 8.78 Å². The summed E-state index contributed by atoms with van der Waals surface area (Å²) in [7, 11) is 0. The molecule has 0 radical (unpaired) electrons. The van der Waals surface area contributed by atoms with Gasteiger partial charge in [-0.2, -0.15) is 13.9 Å². The standard InChI is InChI=1S/C8H5BrF2N2O/c9-4-1-6-5(3-12-13-6)7(2-4)14-8(10)11/h1-3,8H,(H,12,13). The molecule has 2 aromatic rings. The van der Waals surface area contributed by atoms with E-state index in [2.05, 4.69) is 30.9 Å². The Balaban J connectivity index is 2.55. The van der Waals surface area contributed by atoms with E-state index in [0.717, 1.165) is 0 Å². The zero-order valence-corrected chi connectivity index (χ0v) is 8.38. The van der Waals surface area contributed by atoms with E-state index < -0.39 is 6.61 Å². The molecule has 1 N–H and O–H groups in total. The smallest absolute Gasteiger partial charge is 0.387 e. The largest absolute Gasteiger partial charge is 0.434 e. The van der Waals surface area contributed by atoms with Gasteiger partial charge < -0.3 is 4.74 Å². The predicted molar refractivity (Wildman–Crippen MR) is 50.4 cm³/mol. The first-order valence-corrected chi connectivity index (χ1v) is 4.53. The van der Waals surface area contributed by atoms with Crippen LogP contribution in [0.15, 0.2) is 22.8 Å². The van der Waals surface area contributed by atoms with Crippen molar-refractivity contribution in [1.82, 2.24) is 10.2 Å². The molecule has 2 rings (SSSR count). The van der Waals surface area contributed by atoms with E-state index in [1.54, 1.807) is 6.07 Å². The molecule has 0 unspecified atom stereocenters. The molecule has 0 atom stereocenters. The van der Waals surface area contributed by atoms with Gasteiger partial charge in [0.1, 0.15) is 5.75 Å². The summed E-state index contributed by atoms with van der Waals surface area (Å²) in [5.41, 5.74) is 0.648. The van der Waals surface area contributed by atoms with Gasteiger partial charge in [0.2, 0.25) is 0 Å². The van der Waals surface area contributed by atoms with Gasteiger partial charge in [0.25, 0.3) is 0 Å². The van der Waals surface area contributed by atoms with Crippen molar-refractivity contribution in [2.45, 2.75) is 6.61 Å². The van der Waals surface area contributed by atoms with Crippen LogP contribution in [0.4, 0.5) is 8.78 Å². The van der Waals surface area contributed by atoms with Crippen LogP contribution in [0, 0.1) is 0 Å². The summed E-state index contributed by atoms with van der Waals surface area (Å²) < 4.78 is 29.0. The molecule has 0 aliphatic rings. The van der Waals surface area contributed by atoms with Gasteiger partial charge in [0.05, 0.1) is 17.1 Å². The summed E-state index contributed by atoms with van der Waals surface area (Å²) in [6, 6.07) is 3.21. The van der Waals surface area contributed by atoms with Crippen LogP contribution in [0.2, 0.25) is 0 Å². The molecule has 14 heavy (non-hydrogen) atoms. The fraction of sp³-hybridized carbons (Fsp3) is 0.125. The highest BCUT2D eigenvalue weighted by molar-refractivity contribution is 9.10. The third-order valence-electron chi connectivity index (χ3n) is 1.70. The Morgan fingerprint density at radius 3 is 2.93 bits per heavy atom. The molecule has 74 valence electrons. The second-order valence-electron chi connectivity index (χ2n) is 2.61. The van der Waals surface area contributed by atoms with Gasteiger partial charge in [-0.25, -0.2) is 0 Å². The molecule has 0 spiro atoms. The van der Waals surface area contributed by atoms with Gasteiger partial charge in [-0.3, -0.25) is 5.10 Å². The number of rotatable bonds is 2. The minimum Gasteiger partial charge on any atom is -0.434 e. The Morgan fingerprint density at radius 1 is 1.43 bits per heavy atom. The highest BCUT2D eigenvalue weighted by atomic mass is 79.9. The van der Waals surface area contributed by atoms with E-state index in [1.807, 2.05) is 0 Å². The summed E-state index contributed by atoms with van der Waals surface area (Å²) >= 11 is 3.19. The van der Waals surface area contributed by atoms with Crippen LogP contribution in [0.3, 0.4) is 0 Å². The first kappa shape index (κ1) is 9.39. The molecular formula is C8H5BrF2N2O. The van der Waals surface area contributed by atoms with Crippen LogP contribution in [0.1, 0.15) is 0 Å². The molecule has 0 bridgehead atoms. The summed E-state index contributed by atoms with van der Waals surface area (Å²) in [6.07, 6.45) is 1.44. The fourth-order valence-electron chi connectivity index (χ4n) is 1.18. The number of hydrogen-bond donors (Lipinski definition) is 1. The molecule has 0 fully saturated rings. The SMILES string of the molecule is FC(F)Oc1cc(Br)cc2[nH]ncc12. The van der Waals surface area contributed by atoms with Gasteiger partial charge in [-0.15, -0.1) is 0 Å². The molecule has 0 aliphatic heterocycles. The number of benzene rings is 1. The van der Waals surface area contributed by atoms with Crippen LogP contribution in [0.25, 0.3) is 10.9 Å². The number of H-pyrrole nitrogens is 1. The molecule has 1 heterocycles. The Kier molecular flexibility index (Phi) is 2.37. The molecule has 6 heteroatoms. The number of nitrogens with zero attached hydrogens (tertiary/aromatic N) is 1. The molecular weight excluding hydrogens is 258 g/mol. The van der Waals surface area contributed by atoms with Crippen molar-refractivity contribution in [3.8, 4) is 5.75 Å². The van der Waals surface area contributed by atoms with Crippen LogP contribution < -0.4 is 4.74 Å². The Hall–Kier alpha value is -1.17. The minimum absolute atomic E-state index is 0.109. The fourth-order valence-corrected chi connectivity index (χ4v) is 1.62. The van der Waals surface area contributed by atoms with Crippen LogP contribution >= 0.6 is 15.9 Å². The first-order chi connectivity index (χ1) is 6.66. The molecule has 3 nitrogen and oxygen atoms in total. The van der Waals surface area contributed by atoms with E-state index in [1.165, 1.54) is 12.3 Å². The summed E-state index contributed by atoms with van der Waals surface area (Å²) in [4.78, 5) is 0. The van der Waals surface area contributed by atoms with Gasteiger partial charge in [-0.1, -0.05) is 15.9 Å². The summed E-state index contributed by atoms with van der Waals surface area (Å²) in [6.45, 7) is -2.83. The number of aromatic nitrogens is 2. The average molecular weight is 263 g/mol. The third kappa shape index (κ3) is 1.70. The maximum atomic E-state index is 12.0. The minimum atomic E-state index is -2.83. The number of ether oxygens (including phenoxy) is 1. The zero-order valence-electron chi connectivity index (χ0n) is 6.80. The molecule has 1 aromatic carbocycles. The molecule has 0 amide bonds. The quantitative estimate of drug-likeness (QED) is 0.904. The molecule has 0 saturated heterocycles. The Bertz CT molecular complexity index is 458. The van der Waals surface area contributed by atoms with E-state index >= 15 is 0 Å². The van der Waals surface area contributed by atoms with Crippen molar-refractivity contribution < 1.29 is 13.5 Å². The van der Waals surface area contributed by atoms with Crippen molar-refractivity contribution in [2.75, 3.05) is 0 Å². The number of fused-ring (bicyclic) bond motifs is 1. The lowest BCUT2D eigenvalue weighted by Gasteiger charge is -2.05. The Labute approximate surface area is 86.2 Å². The topological polar surface area (TPSA) is 37.9 Å². The van der Waals surface area contributed by atoms with E-state index in [0.29, 0.717) is 15.4 Å². The van der Waals surface area contributed by atoms with Gasteiger partial charge in [0, 0.05) is 4.47 Å². The molecule has 1 aromatic heterocycles. The van der Waals surface area contributed by atoms with E-state index in [-0.39, 0.29) is 5.75 Å². The van der Waals surface area contributed by atoms with E-state index in [4.69, 9.17) is 0 Å². The monoisotopic (exact) mass is 262 g/mol.